The van der Waals surface area contributed by atoms with E-state index < -0.39 is 16.8 Å². The van der Waals surface area contributed by atoms with Gasteiger partial charge in [-0.1, -0.05) is 17.2 Å². The van der Waals surface area contributed by atoms with Crippen LogP contribution in [0.1, 0.15) is 50.7 Å². The Morgan fingerprint density at radius 2 is 2.17 bits per heavy atom. The second kappa shape index (κ2) is 7.66. The normalized spacial score (nSPS) is 19.9. The summed E-state index contributed by atoms with van der Waals surface area (Å²) in [4.78, 5) is 14.1. The Balaban J connectivity index is 2.16. The standard InChI is InChI=1S/C18H28N2O3S/c1-18(2,3)23-17(21)20-9-5-6-13(11-20)16-8-7-15(19)10-14(16)12-24(4)22/h7-8,10,13H,5-6,9,11-12,19H2,1-4H3. The van der Waals surface area contributed by atoms with Crippen LogP contribution >= 0.6 is 0 Å². The molecule has 2 N–H and O–H groups in total. The van der Waals surface area contributed by atoms with E-state index in [1.54, 1.807) is 11.2 Å². The van der Waals surface area contributed by atoms with Gasteiger partial charge in [-0.25, -0.2) is 4.79 Å². The average molecular weight is 353 g/mol. The van der Waals surface area contributed by atoms with Gasteiger partial charge in [0, 0.05) is 30.3 Å². The van der Waals surface area contributed by atoms with Gasteiger partial charge in [0.15, 0.2) is 0 Å². The Kier molecular flexibility index (Phi) is 6.04. The summed E-state index contributed by atoms with van der Waals surface area (Å²) in [7, 11) is 0. The number of rotatable bonds is 3. The molecule has 1 aliphatic heterocycles. The summed E-state index contributed by atoms with van der Waals surface area (Å²) in [6.07, 6.45) is 3.37. The molecule has 24 heavy (non-hydrogen) atoms. The summed E-state index contributed by atoms with van der Waals surface area (Å²) in [6.45, 7) is 6.97. The van der Waals surface area contributed by atoms with Crippen LogP contribution in [0.25, 0.3) is 0 Å². The number of ether oxygens (including phenoxy) is 1. The topological polar surface area (TPSA) is 78.6 Å². The fraction of sp³-hybridized carbons (Fsp3) is 0.611. The minimum Gasteiger partial charge on any atom is -0.616 e. The highest BCUT2D eigenvalue weighted by atomic mass is 32.2. The molecule has 2 unspecified atom stereocenters. The van der Waals surface area contributed by atoms with E-state index >= 15 is 0 Å². The number of nitrogens with two attached hydrogens (primary N) is 1. The van der Waals surface area contributed by atoms with Crippen molar-refractivity contribution in [2.45, 2.75) is 50.9 Å². The maximum Gasteiger partial charge on any atom is 0.410 e. The molecule has 6 heteroatoms. The molecule has 2 atom stereocenters. The van der Waals surface area contributed by atoms with Gasteiger partial charge in [-0.15, -0.1) is 0 Å². The van der Waals surface area contributed by atoms with Crippen molar-refractivity contribution in [1.29, 1.82) is 0 Å². The number of benzene rings is 1. The number of hydrogen-bond donors (Lipinski definition) is 1. The Labute approximate surface area is 147 Å². The zero-order valence-corrected chi connectivity index (χ0v) is 15.8. The van der Waals surface area contributed by atoms with E-state index in [9.17, 15) is 9.35 Å². The van der Waals surface area contributed by atoms with Crippen LogP contribution < -0.4 is 5.73 Å². The largest absolute Gasteiger partial charge is 0.616 e. The lowest BCUT2D eigenvalue weighted by Crippen LogP contribution is -2.42. The third-order valence-corrected chi connectivity index (χ3v) is 4.76. The summed E-state index contributed by atoms with van der Waals surface area (Å²) in [5.41, 5.74) is 8.25. The molecule has 1 heterocycles. The van der Waals surface area contributed by atoms with E-state index in [0.29, 0.717) is 18.0 Å². The second-order valence-electron chi connectivity index (χ2n) is 7.44. The number of amides is 1. The number of carbonyl (C=O) groups excluding carboxylic acids is 1. The Morgan fingerprint density at radius 1 is 1.46 bits per heavy atom. The minimum absolute atomic E-state index is 0.227. The van der Waals surface area contributed by atoms with Gasteiger partial charge in [0.1, 0.15) is 11.4 Å². The highest BCUT2D eigenvalue weighted by molar-refractivity contribution is 7.89. The third-order valence-electron chi connectivity index (χ3n) is 4.04. The van der Waals surface area contributed by atoms with E-state index in [1.165, 1.54) is 0 Å². The zero-order chi connectivity index (χ0) is 17.9. The fourth-order valence-electron chi connectivity index (χ4n) is 3.09. The molecule has 2 rings (SSSR count). The molecule has 0 spiro atoms. The molecule has 1 aromatic carbocycles. The van der Waals surface area contributed by atoms with Crippen molar-refractivity contribution in [3.63, 3.8) is 0 Å². The van der Waals surface area contributed by atoms with Gasteiger partial charge in [0.25, 0.3) is 0 Å². The van der Waals surface area contributed by atoms with Crippen molar-refractivity contribution in [2.75, 3.05) is 25.1 Å². The van der Waals surface area contributed by atoms with Crippen LogP contribution in [0.2, 0.25) is 0 Å². The summed E-state index contributed by atoms with van der Waals surface area (Å²) >= 11 is -0.931. The molecule has 0 aromatic heterocycles. The molecule has 1 saturated heterocycles. The van der Waals surface area contributed by atoms with Crippen LogP contribution in [0.5, 0.6) is 0 Å². The Hall–Kier alpha value is -1.40. The monoisotopic (exact) mass is 352 g/mol. The molecular formula is C18H28N2O3S. The lowest BCUT2D eigenvalue weighted by atomic mass is 9.88. The third kappa shape index (κ3) is 5.31. The number of nitrogen functional groups attached to an aromatic ring is 1. The Morgan fingerprint density at radius 3 is 2.79 bits per heavy atom. The summed E-state index contributed by atoms with van der Waals surface area (Å²) in [5.74, 6) is 0.717. The number of piperidine rings is 1. The summed E-state index contributed by atoms with van der Waals surface area (Å²) in [6, 6.07) is 5.80. The van der Waals surface area contributed by atoms with Crippen LogP contribution in [-0.2, 0) is 21.7 Å². The first kappa shape index (κ1) is 18.9. The van der Waals surface area contributed by atoms with Crippen molar-refractivity contribution in [1.82, 2.24) is 4.90 Å². The highest BCUT2D eigenvalue weighted by Crippen LogP contribution is 2.32. The number of hydrogen-bond acceptors (Lipinski definition) is 4. The van der Waals surface area contributed by atoms with Crippen LogP contribution in [0.3, 0.4) is 0 Å². The number of carbonyl (C=O) groups is 1. The first-order chi connectivity index (χ1) is 11.2. The highest BCUT2D eigenvalue weighted by Gasteiger charge is 2.29. The molecule has 0 radical (unpaired) electrons. The summed E-state index contributed by atoms with van der Waals surface area (Å²) in [5, 5.41) is 0. The van der Waals surface area contributed by atoms with Crippen molar-refractivity contribution in [2.24, 2.45) is 0 Å². The summed E-state index contributed by atoms with van der Waals surface area (Å²) < 4.78 is 17.2. The molecule has 5 nitrogen and oxygen atoms in total. The maximum absolute atomic E-state index is 12.3. The number of likely N-dealkylation sites (tertiary alicyclic amines) is 1. The van der Waals surface area contributed by atoms with Crippen LogP contribution in [0, 0.1) is 0 Å². The van der Waals surface area contributed by atoms with E-state index in [1.807, 2.05) is 39.0 Å². The molecule has 1 aromatic rings. The molecule has 1 aliphatic rings. The predicted molar refractivity (Wildman–Crippen MR) is 98.4 cm³/mol. The molecule has 1 amide bonds. The quantitative estimate of drug-likeness (QED) is 0.669. The molecule has 0 bridgehead atoms. The lowest BCUT2D eigenvalue weighted by molar-refractivity contribution is 0.0198. The van der Waals surface area contributed by atoms with E-state index in [0.717, 1.165) is 30.5 Å². The molecule has 0 saturated carbocycles. The van der Waals surface area contributed by atoms with E-state index in [4.69, 9.17) is 10.5 Å². The lowest BCUT2D eigenvalue weighted by Gasteiger charge is -2.35. The van der Waals surface area contributed by atoms with Crippen LogP contribution in [0.4, 0.5) is 10.5 Å². The van der Waals surface area contributed by atoms with Crippen molar-refractivity contribution < 1.29 is 14.1 Å². The van der Waals surface area contributed by atoms with E-state index in [2.05, 4.69) is 0 Å². The van der Waals surface area contributed by atoms with Gasteiger partial charge in [-0.3, -0.25) is 0 Å². The van der Waals surface area contributed by atoms with Gasteiger partial charge < -0.3 is 19.9 Å². The smallest absolute Gasteiger partial charge is 0.410 e. The molecule has 1 fully saturated rings. The average Bonchev–Trinajstić information content (AvgIpc) is 2.45. The van der Waals surface area contributed by atoms with Gasteiger partial charge in [0.2, 0.25) is 0 Å². The maximum atomic E-state index is 12.3. The van der Waals surface area contributed by atoms with Crippen LogP contribution in [0.15, 0.2) is 18.2 Å². The van der Waals surface area contributed by atoms with Crippen molar-refractivity contribution >= 4 is 23.0 Å². The van der Waals surface area contributed by atoms with Gasteiger partial charge in [-0.2, -0.15) is 0 Å². The Bertz CT molecular complexity index is 584. The first-order valence-corrected chi connectivity index (χ1v) is 10.0. The number of anilines is 1. The minimum atomic E-state index is -0.931. The zero-order valence-electron chi connectivity index (χ0n) is 15.0. The SMILES string of the molecule is C[S+]([O-])Cc1cc(N)ccc1C1CCCN(C(=O)OC(C)(C)C)C1. The predicted octanol–water partition coefficient (Wildman–Crippen LogP) is 3.26. The van der Waals surface area contributed by atoms with Gasteiger partial charge in [-0.05, 0) is 51.3 Å². The van der Waals surface area contributed by atoms with Gasteiger partial charge >= 0.3 is 6.09 Å². The van der Waals surface area contributed by atoms with Crippen molar-refractivity contribution in [3.8, 4) is 0 Å². The van der Waals surface area contributed by atoms with Crippen LogP contribution in [-0.4, -0.2) is 40.5 Å². The fourth-order valence-corrected chi connectivity index (χ4v) is 3.78. The van der Waals surface area contributed by atoms with Gasteiger partial charge in [0.05, 0.1) is 6.26 Å². The van der Waals surface area contributed by atoms with Crippen molar-refractivity contribution in [3.05, 3.63) is 29.3 Å². The molecule has 0 aliphatic carbocycles. The second-order valence-corrected chi connectivity index (χ2v) is 8.88. The molecular weight excluding hydrogens is 324 g/mol. The van der Waals surface area contributed by atoms with E-state index in [-0.39, 0.29) is 12.0 Å². The number of nitrogens with zero attached hydrogens (tertiary/aromatic N) is 1. The first-order valence-electron chi connectivity index (χ1n) is 8.32. The molecule has 134 valence electrons.